The summed E-state index contributed by atoms with van der Waals surface area (Å²) in [7, 11) is 0. The molecule has 17 heavy (non-hydrogen) atoms. The van der Waals surface area contributed by atoms with E-state index in [9.17, 15) is 13.2 Å². The van der Waals surface area contributed by atoms with Crippen LogP contribution in [-0.2, 0) is 0 Å². The van der Waals surface area contributed by atoms with Gasteiger partial charge in [0.15, 0.2) is 0 Å². The monoisotopic (exact) mass is 264 g/mol. The maximum atomic E-state index is 12.3. The molecule has 0 saturated carbocycles. The van der Waals surface area contributed by atoms with E-state index in [0.717, 1.165) is 0 Å². The summed E-state index contributed by atoms with van der Waals surface area (Å²) in [5.74, 6) is 0. The van der Waals surface area contributed by atoms with Gasteiger partial charge < -0.3 is 11.5 Å². The largest absolute Gasteiger partial charge is 0.446 e. The van der Waals surface area contributed by atoms with Crippen molar-refractivity contribution in [1.82, 2.24) is 0 Å². The molecular formula is C11H15F3N2S. The highest BCUT2D eigenvalue weighted by atomic mass is 32.2. The fourth-order valence-corrected chi connectivity index (χ4v) is 2.23. The number of hydrogen-bond donors (Lipinski definition) is 2. The smallest absolute Gasteiger partial charge is 0.330 e. The molecule has 0 spiro atoms. The lowest BCUT2D eigenvalue weighted by Gasteiger charge is -2.16. The second-order valence-corrected chi connectivity index (χ2v) is 4.73. The van der Waals surface area contributed by atoms with Gasteiger partial charge in [-0.1, -0.05) is 18.2 Å². The van der Waals surface area contributed by atoms with E-state index in [1.807, 2.05) is 0 Å². The van der Waals surface area contributed by atoms with Crippen LogP contribution >= 0.6 is 11.8 Å². The number of halogens is 3. The zero-order valence-electron chi connectivity index (χ0n) is 9.20. The molecule has 0 amide bonds. The third kappa shape index (κ3) is 4.97. The lowest BCUT2D eigenvalue weighted by Crippen LogP contribution is -2.14. The Hall–Kier alpha value is -0.720. The molecule has 0 aliphatic carbocycles. The fourth-order valence-electron chi connectivity index (χ4n) is 1.50. The summed E-state index contributed by atoms with van der Waals surface area (Å²) in [4.78, 5) is 0.171. The van der Waals surface area contributed by atoms with Gasteiger partial charge in [0.05, 0.1) is 0 Å². The molecular weight excluding hydrogens is 249 g/mol. The van der Waals surface area contributed by atoms with E-state index in [2.05, 4.69) is 0 Å². The summed E-state index contributed by atoms with van der Waals surface area (Å²) >= 11 is -0.122. The van der Waals surface area contributed by atoms with E-state index in [-0.39, 0.29) is 16.7 Å². The van der Waals surface area contributed by atoms with Crippen molar-refractivity contribution in [1.29, 1.82) is 0 Å². The summed E-state index contributed by atoms with van der Waals surface area (Å²) in [5, 5.41) is 0. The summed E-state index contributed by atoms with van der Waals surface area (Å²) in [6, 6.07) is 5.95. The van der Waals surface area contributed by atoms with Crippen molar-refractivity contribution < 1.29 is 13.2 Å². The van der Waals surface area contributed by atoms with Crippen molar-refractivity contribution in [2.75, 3.05) is 6.54 Å². The molecule has 4 N–H and O–H groups in total. The fraction of sp³-hybridized carbons (Fsp3) is 0.455. The first-order chi connectivity index (χ1) is 7.94. The third-order valence-electron chi connectivity index (χ3n) is 2.26. The van der Waals surface area contributed by atoms with Crippen LogP contribution < -0.4 is 11.5 Å². The van der Waals surface area contributed by atoms with Crippen molar-refractivity contribution >= 4 is 11.8 Å². The second-order valence-electron chi connectivity index (χ2n) is 3.62. The van der Waals surface area contributed by atoms with Gasteiger partial charge in [0.1, 0.15) is 0 Å². The van der Waals surface area contributed by atoms with Crippen molar-refractivity contribution in [2.24, 2.45) is 11.5 Å². The molecule has 0 aliphatic heterocycles. The minimum atomic E-state index is -4.29. The van der Waals surface area contributed by atoms with Crippen molar-refractivity contribution in [3.63, 3.8) is 0 Å². The van der Waals surface area contributed by atoms with E-state index in [0.29, 0.717) is 24.9 Å². The van der Waals surface area contributed by atoms with Crippen LogP contribution in [0, 0.1) is 0 Å². The molecule has 96 valence electrons. The van der Waals surface area contributed by atoms with Gasteiger partial charge >= 0.3 is 5.51 Å². The SMILES string of the molecule is NCCC[C@H](N)c1ccccc1SC(F)(F)F. The van der Waals surface area contributed by atoms with Gasteiger partial charge in [0.25, 0.3) is 0 Å². The molecule has 2 nitrogen and oxygen atoms in total. The predicted molar refractivity (Wildman–Crippen MR) is 63.6 cm³/mol. The summed E-state index contributed by atoms with van der Waals surface area (Å²) in [5.41, 5.74) is 7.46. The minimum Gasteiger partial charge on any atom is -0.330 e. The lowest BCUT2D eigenvalue weighted by atomic mass is 10.0. The molecule has 0 aliphatic rings. The summed E-state index contributed by atoms with van der Waals surface area (Å²) in [6.45, 7) is 0.488. The number of benzene rings is 1. The standard InChI is InChI=1S/C11H15F3N2S/c12-11(13,14)17-10-6-2-1-4-8(10)9(16)5-3-7-15/h1-2,4,6,9H,3,5,7,15-16H2/t9-/m0/s1. The Kier molecular flexibility index (Phi) is 5.30. The van der Waals surface area contributed by atoms with Gasteiger partial charge in [-0.3, -0.25) is 0 Å². The first kappa shape index (κ1) is 14.3. The first-order valence-corrected chi connectivity index (χ1v) is 6.06. The second kappa shape index (κ2) is 6.28. The highest BCUT2D eigenvalue weighted by Gasteiger charge is 2.30. The molecule has 1 aromatic carbocycles. The topological polar surface area (TPSA) is 52.0 Å². The van der Waals surface area contributed by atoms with Crippen molar-refractivity contribution in [3.8, 4) is 0 Å². The molecule has 0 heterocycles. The van der Waals surface area contributed by atoms with Crippen LogP contribution in [0.3, 0.4) is 0 Å². The molecule has 0 fully saturated rings. The quantitative estimate of drug-likeness (QED) is 0.804. The predicted octanol–water partition coefficient (Wildman–Crippen LogP) is 3.04. The molecule has 1 atom stereocenters. The maximum Gasteiger partial charge on any atom is 0.446 e. The molecule has 0 aromatic heterocycles. The number of nitrogens with two attached hydrogens (primary N) is 2. The molecule has 0 radical (unpaired) electrons. The van der Waals surface area contributed by atoms with Crippen LogP contribution in [0.4, 0.5) is 13.2 Å². The Balaban J connectivity index is 2.83. The van der Waals surface area contributed by atoms with E-state index < -0.39 is 11.6 Å². The summed E-state index contributed by atoms with van der Waals surface area (Å²) < 4.78 is 37.0. The molecule has 6 heteroatoms. The highest BCUT2D eigenvalue weighted by molar-refractivity contribution is 8.00. The van der Waals surface area contributed by atoms with Crippen LogP contribution in [0.2, 0.25) is 0 Å². The number of hydrogen-bond acceptors (Lipinski definition) is 3. The zero-order valence-corrected chi connectivity index (χ0v) is 10.0. The Morgan fingerprint density at radius 2 is 1.88 bits per heavy atom. The zero-order chi connectivity index (χ0) is 12.9. The minimum absolute atomic E-state index is 0.122. The van der Waals surface area contributed by atoms with Crippen LogP contribution in [0.15, 0.2) is 29.2 Å². The van der Waals surface area contributed by atoms with Gasteiger partial charge in [-0.2, -0.15) is 13.2 Å². The molecule has 0 unspecified atom stereocenters. The molecule has 0 bridgehead atoms. The van der Waals surface area contributed by atoms with Gasteiger partial charge in [-0.15, -0.1) is 0 Å². The van der Waals surface area contributed by atoms with Gasteiger partial charge in [0.2, 0.25) is 0 Å². The van der Waals surface area contributed by atoms with Crippen molar-refractivity contribution in [2.45, 2.75) is 29.3 Å². The lowest BCUT2D eigenvalue weighted by molar-refractivity contribution is -0.0328. The number of thioether (sulfide) groups is 1. The first-order valence-electron chi connectivity index (χ1n) is 5.24. The normalized spacial score (nSPS) is 13.7. The van der Waals surface area contributed by atoms with Crippen LogP contribution in [0.5, 0.6) is 0 Å². The molecule has 0 saturated heterocycles. The summed E-state index contributed by atoms with van der Waals surface area (Å²) in [6.07, 6.45) is 1.29. The Morgan fingerprint density at radius 1 is 1.24 bits per heavy atom. The number of rotatable bonds is 5. The van der Waals surface area contributed by atoms with E-state index >= 15 is 0 Å². The number of alkyl halides is 3. The van der Waals surface area contributed by atoms with Gasteiger partial charge in [-0.25, -0.2) is 0 Å². The Morgan fingerprint density at radius 3 is 2.47 bits per heavy atom. The van der Waals surface area contributed by atoms with E-state index in [4.69, 9.17) is 11.5 Å². The van der Waals surface area contributed by atoms with Crippen LogP contribution in [0.25, 0.3) is 0 Å². The Bertz CT molecular complexity index is 355. The van der Waals surface area contributed by atoms with Crippen molar-refractivity contribution in [3.05, 3.63) is 29.8 Å². The molecule has 1 rings (SSSR count). The van der Waals surface area contributed by atoms with Crippen LogP contribution in [0.1, 0.15) is 24.4 Å². The Labute approximate surface area is 103 Å². The maximum absolute atomic E-state index is 12.3. The average Bonchev–Trinajstić information content (AvgIpc) is 2.24. The third-order valence-corrected chi connectivity index (χ3v) is 3.09. The van der Waals surface area contributed by atoms with Gasteiger partial charge in [0, 0.05) is 10.9 Å². The highest BCUT2D eigenvalue weighted by Crippen LogP contribution is 2.40. The van der Waals surface area contributed by atoms with Crippen LogP contribution in [-0.4, -0.2) is 12.1 Å². The average molecular weight is 264 g/mol. The van der Waals surface area contributed by atoms with E-state index in [1.54, 1.807) is 18.2 Å². The molecule has 1 aromatic rings. The van der Waals surface area contributed by atoms with Gasteiger partial charge in [-0.05, 0) is 42.8 Å². The van der Waals surface area contributed by atoms with E-state index in [1.165, 1.54) is 6.07 Å².